The Morgan fingerprint density at radius 2 is 2.12 bits per heavy atom. The van der Waals surface area contributed by atoms with Gasteiger partial charge in [0.15, 0.2) is 0 Å². The van der Waals surface area contributed by atoms with Crippen LogP contribution >= 0.6 is 0 Å². The molecule has 0 heterocycles. The van der Waals surface area contributed by atoms with Crippen molar-refractivity contribution in [3.05, 3.63) is 0 Å². The second-order valence-corrected chi connectivity index (χ2v) is 1.50. The van der Waals surface area contributed by atoms with Crippen molar-refractivity contribution in [3.63, 3.8) is 0 Å². The molecule has 0 spiro atoms. The highest BCUT2D eigenvalue weighted by Gasteiger charge is 1.90. The highest BCUT2D eigenvalue weighted by atomic mass is 24.3. The van der Waals surface area contributed by atoms with E-state index in [0.717, 1.165) is 12.8 Å². The van der Waals surface area contributed by atoms with Gasteiger partial charge in [-0.25, -0.2) is 0 Å². The molecule has 0 saturated carbocycles. The highest BCUT2D eigenvalue weighted by Crippen LogP contribution is 1.91. The van der Waals surface area contributed by atoms with Crippen molar-refractivity contribution in [2.45, 2.75) is 26.2 Å². The summed E-state index contributed by atoms with van der Waals surface area (Å²) < 4.78 is 0. The Labute approximate surface area is 65.4 Å². The summed E-state index contributed by atoms with van der Waals surface area (Å²) in [5.74, 6) is -0.693. The summed E-state index contributed by atoms with van der Waals surface area (Å²) in [4.78, 5) is 9.76. The fourth-order valence-corrected chi connectivity index (χ4v) is 0.328. The minimum absolute atomic E-state index is 0. The predicted octanol–water partition coefficient (Wildman–Crippen LogP) is 0.345. The van der Waals surface area contributed by atoms with Gasteiger partial charge < -0.3 is 5.11 Å². The molecule has 0 aromatic rings. The predicted molar refractivity (Wildman–Crippen MR) is 35.7 cm³/mol. The fraction of sp³-hybridized carbons (Fsp3) is 0.800. The average molecular weight is 128 g/mol. The van der Waals surface area contributed by atoms with Gasteiger partial charge in [-0.15, -0.1) is 0 Å². The van der Waals surface area contributed by atoms with Gasteiger partial charge in [0, 0.05) is 6.42 Å². The van der Waals surface area contributed by atoms with Crippen molar-refractivity contribution in [3.8, 4) is 0 Å². The van der Waals surface area contributed by atoms with Crippen molar-refractivity contribution >= 4 is 29.0 Å². The molecule has 2 nitrogen and oxygen atoms in total. The number of hydrogen-bond donors (Lipinski definition) is 1. The number of carboxylic acid groups (broad SMARTS) is 1. The second-order valence-electron chi connectivity index (χ2n) is 1.50. The molecule has 0 aliphatic rings. The summed E-state index contributed by atoms with van der Waals surface area (Å²) in [6.45, 7) is 1.98. The SMILES string of the molecule is CCCCC(=O)O.[MgH2]. The topological polar surface area (TPSA) is 37.3 Å². The summed E-state index contributed by atoms with van der Waals surface area (Å²) in [6, 6.07) is 0. The van der Waals surface area contributed by atoms with Crippen LogP contribution in [-0.2, 0) is 4.79 Å². The smallest absolute Gasteiger partial charge is 0.316 e. The zero-order valence-electron chi connectivity index (χ0n) is 4.48. The Morgan fingerprint density at radius 1 is 1.62 bits per heavy atom. The average Bonchev–Trinajstić information content (AvgIpc) is 1.61. The minimum atomic E-state index is -0.693. The van der Waals surface area contributed by atoms with Crippen LogP contribution in [0.4, 0.5) is 0 Å². The number of carbonyl (C=O) groups is 1. The van der Waals surface area contributed by atoms with Gasteiger partial charge in [0.25, 0.3) is 0 Å². The molecule has 0 bridgehead atoms. The third-order valence-electron chi connectivity index (χ3n) is 0.744. The van der Waals surface area contributed by atoms with Crippen molar-refractivity contribution in [1.29, 1.82) is 0 Å². The molecule has 0 aromatic carbocycles. The number of unbranched alkanes of at least 4 members (excludes halogenated alkanes) is 1. The molecular formula is C5H12MgO2. The molecule has 0 aliphatic heterocycles. The standard InChI is InChI=1S/C5H10O2.Mg.2H/c1-2-3-4-5(6)7;;;/h2-4H2,1H3,(H,6,7);;;. The van der Waals surface area contributed by atoms with Crippen LogP contribution < -0.4 is 0 Å². The quantitative estimate of drug-likeness (QED) is 0.557. The van der Waals surface area contributed by atoms with Gasteiger partial charge in [-0.3, -0.25) is 4.79 Å². The number of rotatable bonds is 3. The maximum atomic E-state index is 9.76. The summed E-state index contributed by atoms with van der Waals surface area (Å²) >= 11 is 0. The van der Waals surface area contributed by atoms with Gasteiger partial charge in [-0.05, 0) is 6.42 Å². The van der Waals surface area contributed by atoms with Crippen molar-refractivity contribution < 1.29 is 9.90 Å². The Hall–Kier alpha value is 0.236. The summed E-state index contributed by atoms with van der Waals surface area (Å²) in [6.07, 6.45) is 2.08. The van der Waals surface area contributed by atoms with Gasteiger partial charge in [-0.1, -0.05) is 13.3 Å². The third-order valence-corrected chi connectivity index (χ3v) is 0.744. The monoisotopic (exact) mass is 128 g/mol. The first-order valence-corrected chi connectivity index (χ1v) is 2.49. The molecule has 0 saturated heterocycles. The number of hydrogen-bond acceptors (Lipinski definition) is 1. The lowest BCUT2D eigenvalue weighted by Gasteiger charge is -1.85. The zero-order valence-corrected chi connectivity index (χ0v) is 4.48. The fourth-order valence-electron chi connectivity index (χ4n) is 0.328. The van der Waals surface area contributed by atoms with Crippen LogP contribution in [0.2, 0.25) is 0 Å². The van der Waals surface area contributed by atoms with Gasteiger partial charge in [0.1, 0.15) is 0 Å². The molecule has 1 N–H and O–H groups in total. The molecule has 0 radical (unpaired) electrons. The van der Waals surface area contributed by atoms with Gasteiger partial charge in [0.05, 0.1) is 0 Å². The van der Waals surface area contributed by atoms with Crippen LogP contribution in [0.15, 0.2) is 0 Å². The Bertz CT molecular complexity index is 63.4. The summed E-state index contributed by atoms with van der Waals surface area (Å²) in [5, 5.41) is 8.04. The van der Waals surface area contributed by atoms with Crippen LogP contribution in [-0.4, -0.2) is 34.1 Å². The molecule has 0 unspecified atom stereocenters. The zero-order chi connectivity index (χ0) is 5.70. The Balaban J connectivity index is 0. The maximum Gasteiger partial charge on any atom is 0.316 e. The van der Waals surface area contributed by atoms with Gasteiger partial charge >= 0.3 is 29.0 Å². The lowest BCUT2D eigenvalue weighted by Crippen LogP contribution is -1.91. The summed E-state index contributed by atoms with van der Waals surface area (Å²) in [5.41, 5.74) is 0. The molecular weight excluding hydrogens is 116 g/mol. The lowest BCUT2D eigenvalue weighted by atomic mass is 10.3. The van der Waals surface area contributed by atoms with E-state index in [1.165, 1.54) is 0 Å². The number of carboxylic acids is 1. The van der Waals surface area contributed by atoms with Crippen LogP contribution in [0.1, 0.15) is 26.2 Å². The normalized spacial score (nSPS) is 7.62. The minimum Gasteiger partial charge on any atom is -0.481 e. The molecule has 0 fully saturated rings. The molecule has 0 rings (SSSR count). The number of aliphatic carboxylic acids is 1. The molecule has 0 atom stereocenters. The van der Waals surface area contributed by atoms with E-state index in [2.05, 4.69) is 0 Å². The van der Waals surface area contributed by atoms with Crippen LogP contribution in [0, 0.1) is 0 Å². The van der Waals surface area contributed by atoms with Gasteiger partial charge in [-0.2, -0.15) is 0 Å². The molecule has 0 aromatic heterocycles. The second kappa shape index (κ2) is 7.24. The Kier molecular flexibility index (Phi) is 10.0. The molecule has 0 aliphatic carbocycles. The van der Waals surface area contributed by atoms with Crippen LogP contribution in [0.25, 0.3) is 0 Å². The van der Waals surface area contributed by atoms with E-state index in [4.69, 9.17) is 5.11 Å². The van der Waals surface area contributed by atoms with E-state index in [1.807, 2.05) is 6.92 Å². The van der Waals surface area contributed by atoms with Crippen molar-refractivity contribution in [2.75, 3.05) is 0 Å². The van der Waals surface area contributed by atoms with E-state index in [1.54, 1.807) is 0 Å². The van der Waals surface area contributed by atoms with E-state index >= 15 is 0 Å². The lowest BCUT2D eigenvalue weighted by molar-refractivity contribution is -0.137. The largest absolute Gasteiger partial charge is 0.481 e. The van der Waals surface area contributed by atoms with E-state index in [0.29, 0.717) is 6.42 Å². The summed E-state index contributed by atoms with van der Waals surface area (Å²) in [7, 11) is 0. The van der Waals surface area contributed by atoms with E-state index in [-0.39, 0.29) is 23.1 Å². The van der Waals surface area contributed by atoms with Crippen LogP contribution in [0.5, 0.6) is 0 Å². The molecule has 0 amide bonds. The third kappa shape index (κ3) is 9.53. The van der Waals surface area contributed by atoms with Crippen molar-refractivity contribution in [1.82, 2.24) is 0 Å². The first-order chi connectivity index (χ1) is 3.27. The van der Waals surface area contributed by atoms with E-state index in [9.17, 15) is 4.79 Å². The van der Waals surface area contributed by atoms with Gasteiger partial charge in [0.2, 0.25) is 0 Å². The van der Waals surface area contributed by atoms with Crippen molar-refractivity contribution in [2.24, 2.45) is 0 Å². The molecule has 8 heavy (non-hydrogen) atoms. The Morgan fingerprint density at radius 3 is 2.25 bits per heavy atom. The molecule has 3 heteroatoms. The first-order valence-electron chi connectivity index (χ1n) is 2.49. The molecule has 46 valence electrons. The first kappa shape index (κ1) is 11.1. The highest BCUT2D eigenvalue weighted by molar-refractivity contribution is 5.75. The van der Waals surface area contributed by atoms with E-state index < -0.39 is 5.97 Å². The maximum absolute atomic E-state index is 9.76. The van der Waals surface area contributed by atoms with Crippen LogP contribution in [0.3, 0.4) is 0 Å².